The highest BCUT2D eigenvalue weighted by molar-refractivity contribution is 5.94. The van der Waals surface area contributed by atoms with Crippen LogP contribution in [-0.4, -0.2) is 26.5 Å². The summed E-state index contributed by atoms with van der Waals surface area (Å²) < 4.78 is 21.9. The lowest BCUT2D eigenvalue weighted by atomic mass is 9.81. The van der Waals surface area contributed by atoms with E-state index in [0.29, 0.717) is 53.8 Å². The first kappa shape index (κ1) is 28.2. The van der Waals surface area contributed by atoms with Gasteiger partial charge in [-0.1, -0.05) is 19.1 Å². The van der Waals surface area contributed by atoms with Gasteiger partial charge in [-0.15, -0.1) is 0 Å². The van der Waals surface area contributed by atoms with Gasteiger partial charge in [-0.05, 0) is 79.5 Å². The highest BCUT2D eigenvalue weighted by atomic mass is 19.1. The number of ether oxygens (including phenoxy) is 1. The van der Waals surface area contributed by atoms with E-state index >= 15 is 4.39 Å². The zero-order valence-electron chi connectivity index (χ0n) is 24.6. The lowest BCUT2D eigenvalue weighted by molar-refractivity contribution is -0.172. The number of anilines is 1. The second-order valence-corrected chi connectivity index (χ2v) is 12.1. The van der Waals surface area contributed by atoms with Crippen molar-refractivity contribution < 1.29 is 23.8 Å². The van der Waals surface area contributed by atoms with Crippen LogP contribution in [0.25, 0.3) is 22.3 Å². The second kappa shape index (κ2) is 10.3. The average Bonchev–Trinajstić information content (AvgIpc) is 3.38. The molecule has 2 atom stereocenters. The summed E-state index contributed by atoms with van der Waals surface area (Å²) in [5.41, 5.74) is 10.2. The molecule has 0 unspecified atom stereocenters. The number of nitrogens with one attached hydrogen (secondary N) is 1. The Kier molecular flexibility index (Phi) is 6.58. The number of carbonyl (C=O) groups is 2. The minimum absolute atomic E-state index is 0.0330. The smallest absolute Gasteiger partial charge is 0.343 e. The monoisotopic (exact) mass is 596 g/mol. The number of benzene rings is 2. The molecule has 226 valence electrons. The third-order valence-electron chi connectivity index (χ3n) is 9.56. The summed E-state index contributed by atoms with van der Waals surface area (Å²) >= 11 is 0. The molecule has 3 aliphatic rings. The lowest BCUT2D eigenvalue weighted by Gasteiger charge is -2.31. The third kappa shape index (κ3) is 4.23. The number of cyclic esters (lactones) is 1. The van der Waals surface area contributed by atoms with Gasteiger partial charge in [0, 0.05) is 34.7 Å². The Morgan fingerprint density at radius 3 is 2.73 bits per heavy atom. The molecule has 0 saturated heterocycles. The molecule has 0 bridgehead atoms. The molecule has 4 heterocycles. The summed E-state index contributed by atoms with van der Waals surface area (Å²) in [5, 5.41) is 15.3. The second-order valence-electron chi connectivity index (χ2n) is 12.1. The first-order valence-electron chi connectivity index (χ1n) is 15.1. The van der Waals surface area contributed by atoms with Crippen molar-refractivity contribution >= 4 is 28.5 Å². The van der Waals surface area contributed by atoms with Gasteiger partial charge in [0.25, 0.3) is 5.56 Å². The van der Waals surface area contributed by atoms with E-state index in [2.05, 4.69) is 5.32 Å². The zero-order chi connectivity index (χ0) is 30.9. The Morgan fingerprint density at radius 2 is 1.98 bits per heavy atom. The number of pyridine rings is 2. The van der Waals surface area contributed by atoms with Crippen LogP contribution in [0.5, 0.6) is 0 Å². The standard InChI is InChI=1S/C34H33FN4O5/c1-3-34(43)23-13-27-31-21(15-39(27)32(41)22(23)16-44-33(34)42)30-25(12-11-20-17(2)24(35)14-26(38-31)29(20)30)37-28(40)6-4-5-18-7-9-19(36)10-8-18/h7-10,13-14,25,43H,3-6,11-12,15-16,36H2,1-2H3,(H,37,40)/t25-,34-/m0/s1. The Labute approximate surface area is 252 Å². The number of rotatable bonds is 6. The molecule has 7 rings (SSSR count). The molecular formula is C34H33FN4O5. The molecular weight excluding hydrogens is 563 g/mol. The fourth-order valence-electron chi connectivity index (χ4n) is 7.10. The molecule has 4 aromatic rings. The summed E-state index contributed by atoms with van der Waals surface area (Å²) in [6.07, 6.45) is 2.93. The maximum atomic E-state index is 15.1. The number of aryl methyl sites for hydroxylation is 2. The third-order valence-corrected chi connectivity index (χ3v) is 9.56. The fourth-order valence-corrected chi connectivity index (χ4v) is 7.10. The summed E-state index contributed by atoms with van der Waals surface area (Å²) in [5.74, 6) is -1.24. The number of nitrogens with two attached hydrogens (primary N) is 1. The van der Waals surface area contributed by atoms with Gasteiger partial charge in [0.1, 0.15) is 12.4 Å². The highest BCUT2D eigenvalue weighted by Gasteiger charge is 2.46. The summed E-state index contributed by atoms with van der Waals surface area (Å²) in [4.78, 5) is 44.5. The Hall–Kier alpha value is -4.57. The number of aromatic nitrogens is 2. The number of aliphatic hydroxyl groups is 1. The maximum Gasteiger partial charge on any atom is 0.343 e. The minimum atomic E-state index is -1.95. The van der Waals surface area contributed by atoms with Crippen LogP contribution >= 0.6 is 0 Å². The van der Waals surface area contributed by atoms with Gasteiger partial charge in [-0.3, -0.25) is 9.59 Å². The molecule has 9 nitrogen and oxygen atoms in total. The molecule has 10 heteroatoms. The minimum Gasteiger partial charge on any atom is -0.458 e. The molecule has 0 fully saturated rings. The van der Waals surface area contributed by atoms with E-state index in [1.165, 1.54) is 6.07 Å². The Morgan fingerprint density at radius 1 is 1.20 bits per heavy atom. The summed E-state index contributed by atoms with van der Waals surface area (Å²) in [6, 6.07) is 10.3. The summed E-state index contributed by atoms with van der Waals surface area (Å²) in [6.45, 7) is 3.39. The van der Waals surface area contributed by atoms with Crippen molar-refractivity contribution in [1.82, 2.24) is 14.9 Å². The zero-order valence-corrected chi connectivity index (χ0v) is 24.6. The largest absolute Gasteiger partial charge is 0.458 e. The number of hydrogen-bond donors (Lipinski definition) is 3. The van der Waals surface area contributed by atoms with Crippen molar-refractivity contribution in [3.63, 3.8) is 0 Å². The number of halogens is 1. The van der Waals surface area contributed by atoms with Crippen molar-refractivity contribution in [3.8, 4) is 11.4 Å². The van der Waals surface area contributed by atoms with Crippen LogP contribution in [0.1, 0.15) is 77.6 Å². The van der Waals surface area contributed by atoms with Gasteiger partial charge in [0.15, 0.2) is 5.60 Å². The van der Waals surface area contributed by atoms with E-state index in [1.54, 1.807) is 24.5 Å². The van der Waals surface area contributed by atoms with E-state index in [1.807, 2.05) is 24.3 Å². The van der Waals surface area contributed by atoms with Crippen LogP contribution < -0.4 is 16.6 Å². The fraction of sp³-hybridized carbons (Fsp3) is 0.353. The first-order chi connectivity index (χ1) is 21.1. The topological polar surface area (TPSA) is 137 Å². The molecule has 1 amide bonds. The molecule has 2 aromatic heterocycles. The average molecular weight is 597 g/mol. The summed E-state index contributed by atoms with van der Waals surface area (Å²) in [7, 11) is 0. The van der Waals surface area contributed by atoms with Gasteiger partial charge in [-0.2, -0.15) is 0 Å². The SMILES string of the molecule is CC[C@@]1(O)C(=O)OCc2c1cc1n(c2=O)Cc2c-1nc1cc(F)c(C)c3c1c2[C@@H](NC(=O)CCCc1ccc(N)cc1)CC3. The quantitative estimate of drug-likeness (QED) is 0.197. The maximum absolute atomic E-state index is 15.1. The van der Waals surface area contributed by atoms with Crippen molar-refractivity contribution in [2.24, 2.45) is 0 Å². The molecule has 2 aliphatic heterocycles. The number of esters is 1. The lowest BCUT2D eigenvalue weighted by Crippen LogP contribution is -2.44. The highest BCUT2D eigenvalue weighted by Crippen LogP contribution is 2.46. The van der Waals surface area contributed by atoms with E-state index in [-0.39, 0.29) is 54.0 Å². The van der Waals surface area contributed by atoms with Gasteiger partial charge >= 0.3 is 5.97 Å². The molecule has 1 aliphatic carbocycles. The van der Waals surface area contributed by atoms with Crippen molar-refractivity contribution in [3.05, 3.63) is 91.5 Å². The van der Waals surface area contributed by atoms with Gasteiger partial charge < -0.3 is 25.5 Å². The molecule has 0 spiro atoms. The van der Waals surface area contributed by atoms with Crippen molar-refractivity contribution in [1.29, 1.82) is 0 Å². The molecule has 4 N–H and O–H groups in total. The van der Waals surface area contributed by atoms with Crippen LogP contribution in [0.15, 0.2) is 41.2 Å². The number of hydrogen-bond acceptors (Lipinski definition) is 7. The predicted molar refractivity (Wildman–Crippen MR) is 162 cm³/mol. The van der Waals surface area contributed by atoms with Crippen molar-refractivity contribution in [2.45, 2.75) is 77.2 Å². The van der Waals surface area contributed by atoms with Gasteiger partial charge in [-0.25, -0.2) is 14.2 Å². The molecule has 2 aromatic carbocycles. The van der Waals surface area contributed by atoms with E-state index in [9.17, 15) is 19.5 Å². The first-order valence-corrected chi connectivity index (χ1v) is 15.1. The van der Waals surface area contributed by atoms with E-state index < -0.39 is 11.6 Å². The normalized spacial score (nSPS) is 19.7. The van der Waals surface area contributed by atoms with E-state index in [0.717, 1.165) is 34.1 Å². The number of carbonyl (C=O) groups excluding carboxylic acids is 2. The Balaban J connectivity index is 1.30. The van der Waals surface area contributed by atoms with E-state index in [4.69, 9.17) is 15.5 Å². The molecule has 0 radical (unpaired) electrons. The molecule has 44 heavy (non-hydrogen) atoms. The number of amides is 1. The van der Waals surface area contributed by atoms with Crippen LogP contribution in [0, 0.1) is 12.7 Å². The number of nitrogens with zero attached hydrogens (tertiary/aromatic N) is 2. The van der Waals surface area contributed by atoms with Crippen molar-refractivity contribution in [2.75, 3.05) is 5.73 Å². The van der Waals surface area contributed by atoms with Crippen LogP contribution in [0.4, 0.5) is 10.1 Å². The number of fused-ring (bicyclic) bond motifs is 5. The Bertz CT molecular complexity index is 1950. The van der Waals surface area contributed by atoms with Crippen LogP contribution in [-0.2, 0) is 45.9 Å². The predicted octanol–water partition coefficient (Wildman–Crippen LogP) is 4.24. The van der Waals surface area contributed by atoms with Crippen LogP contribution in [0.3, 0.4) is 0 Å². The van der Waals surface area contributed by atoms with Gasteiger partial charge in [0.05, 0.1) is 35.1 Å². The van der Waals surface area contributed by atoms with Gasteiger partial charge in [0.2, 0.25) is 5.91 Å². The molecule has 0 saturated carbocycles. The van der Waals surface area contributed by atoms with Crippen LogP contribution in [0.2, 0.25) is 0 Å². The number of nitrogen functional groups attached to an aromatic ring is 1.